The van der Waals surface area contributed by atoms with E-state index >= 15 is 0 Å². The molecule has 0 spiro atoms. The monoisotopic (exact) mass is 322 g/mol. The number of rotatable bonds is 3. The summed E-state index contributed by atoms with van der Waals surface area (Å²) in [6, 6.07) is 12.0. The fourth-order valence-electron chi connectivity index (χ4n) is 2.98. The van der Waals surface area contributed by atoms with Crippen LogP contribution in [0.1, 0.15) is 23.2 Å². The number of hydrogen-bond donors (Lipinski definition) is 1. The summed E-state index contributed by atoms with van der Waals surface area (Å²) in [6.07, 6.45) is 4.98. The van der Waals surface area contributed by atoms with E-state index in [9.17, 15) is 4.79 Å². The van der Waals surface area contributed by atoms with Gasteiger partial charge in [0.05, 0.1) is 11.9 Å². The number of carbonyl (C=O) groups is 1. The Morgan fingerprint density at radius 3 is 2.75 bits per heavy atom. The second-order valence-electron chi connectivity index (χ2n) is 5.85. The number of carbonyl (C=O) groups excluding carboxylic acids is 1. The first kappa shape index (κ1) is 14.8. The molecule has 0 atom stereocenters. The van der Waals surface area contributed by atoms with Gasteiger partial charge in [0.15, 0.2) is 5.65 Å². The largest absolute Gasteiger partial charge is 0.381 e. The number of fused-ring (bicyclic) bond motifs is 1. The summed E-state index contributed by atoms with van der Waals surface area (Å²) in [4.78, 5) is 16.9. The molecule has 0 bridgehead atoms. The lowest BCUT2D eigenvalue weighted by Gasteiger charge is -2.22. The van der Waals surface area contributed by atoms with Crippen LogP contribution in [0.15, 0.2) is 48.8 Å². The Hall–Kier alpha value is -2.73. The van der Waals surface area contributed by atoms with Crippen LogP contribution in [0.3, 0.4) is 0 Å². The molecular weight excluding hydrogens is 304 g/mol. The lowest BCUT2D eigenvalue weighted by molar-refractivity contribution is 0.0697. The van der Waals surface area contributed by atoms with E-state index in [-0.39, 0.29) is 11.9 Å². The molecular formula is C18H18N4O2. The fourth-order valence-corrected chi connectivity index (χ4v) is 2.98. The Labute approximate surface area is 139 Å². The maximum Gasteiger partial charge on any atom is 0.256 e. The van der Waals surface area contributed by atoms with Gasteiger partial charge < -0.3 is 10.1 Å². The first-order valence-corrected chi connectivity index (χ1v) is 8.10. The third kappa shape index (κ3) is 2.76. The summed E-state index contributed by atoms with van der Waals surface area (Å²) < 4.78 is 7.04. The Morgan fingerprint density at radius 1 is 1.17 bits per heavy atom. The van der Waals surface area contributed by atoms with Gasteiger partial charge in [-0.25, -0.2) is 9.50 Å². The van der Waals surface area contributed by atoms with Crippen LogP contribution in [0, 0.1) is 0 Å². The third-order valence-electron chi connectivity index (χ3n) is 4.27. The molecule has 1 N–H and O–H groups in total. The number of ether oxygens (including phenoxy) is 1. The van der Waals surface area contributed by atoms with Gasteiger partial charge in [0.1, 0.15) is 5.56 Å². The number of benzene rings is 1. The molecule has 0 unspecified atom stereocenters. The average Bonchev–Trinajstić information content (AvgIpc) is 3.07. The number of amides is 1. The van der Waals surface area contributed by atoms with Crippen LogP contribution >= 0.6 is 0 Å². The van der Waals surface area contributed by atoms with E-state index < -0.39 is 0 Å². The molecule has 0 aliphatic carbocycles. The summed E-state index contributed by atoms with van der Waals surface area (Å²) >= 11 is 0. The van der Waals surface area contributed by atoms with Gasteiger partial charge >= 0.3 is 0 Å². The van der Waals surface area contributed by atoms with Crippen LogP contribution in [0.4, 0.5) is 0 Å². The topological polar surface area (TPSA) is 68.5 Å². The van der Waals surface area contributed by atoms with Gasteiger partial charge in [-0.1, -0.05) is 30.3 Å². The van der Waals surface area contributed by atoms with Crippen LogP contribution < -0.4 is 5.32 Å². The molecule has 6 nitrogen and oxygen atoms in total. The molecule has 1 saturated heterocycles. The van der Waals surface area contributed by atoms with Crippen molar-refractivity contribution in [2.24, 2.45) is 0 Å². The van der Waals surface area contributed by atoms with E-state index in [4.69, 9.17) is 4.74 Å². The van der Waals surface area contributed by atoms with Gasteiger partial charge in [0.2, 0.25) is 0 Å². The molecule has 6 heteroatoms. The summed E-state index contributed by atoms with van der Waals surface area (Å²) in [7, 11) is 0. The predicted molar refractivity (Wildman–Crippen MR) is 89.7 cm³/mol. The van der Waals surface area contributed by atoms with Crippen LogP contribution in [0.5, 0.6) is 0 Å². The van der Waals surface area contributed by atoms with Crippen molar-refractivity contribution in [1.82, 2.24) is 19.9 Å². The molecule has 2 aromatic heterocycles. The van der Waals surface area contributed by atoms with Gasteiger partial charge in [-0.2, -0.15) is 5.10 Å². The number of nitrogens with one attached hydrogen (secondary N) is 1. The molecule has 3 heterocycles. The highest BCUT2D eigenvalue weighted by atomic mass is 16.5. The van der Waals surface area contributed by atoms with Crippen molar-refractivity contribution < 1.29 is 9.53 Å². The van der Waals surface area contributed by atoms with Gasteiger partial charge in [0, 0.05) is 31.0 Å². The minimum absolute atomic E-state index is 0.130. The SMILES string of the molecule is O=C(NC1CCOCC1)c1cnn2c(-c3ccccc3)ccnc12. The minimum atomic E-state index is -0.130. The van der Waals surface area contributed by atoms with Crippen molar-refractivity contribution in [2.75, 3.05) is 13.2 Å². The van der Waals surface area contributed by atoms with E-state index in [1.54, 1.807) is 16.9 Å². The predicted octanol–water partition coefficient (Wildman–Crippen LogP) is 2.31. The summed E-state index contributed by atoms with van der Waals surface area (Å²) in [5, 5.41) is 7.44. The highest BCUT2D eigenvalue weighted by Gasteiger charge is 2.20. The molecule has 4 rings (SSSR count). The second kappa shape index (κ2) is 6.41. The number of nitrogens with zero attached hydrogens (tertiary/aromatic N) is 3. The molecule has 1 amide bonds. The van der Waals surface area contributed by atoms with E-state index in [1.807, 2.05) is 36.4 Å². The lowest BCUT2D eigenvalue weighted by Crippen LogP contribution is -2.38. The van der Waals surface area contributed by atoms with Crippen molar-refractivity contribution in [1.29, 1.82) is 0 Å². The molecule has 0 radical (unpaired) electrons. The zero-order valence-corrected chi connectivity index (χ0v) is 13.2. The van der Waals surface area contributed by atoms with E-state index in [0.717, 1.165) is 24.1 Å². The number of hydrogen-bond acceptors (Lipinski definition) is 4. The van der Waals surface area contributed by atoms with Crippen LogP contribution in [0.2, 0.25) is 0 Å². The quantitative estimate of drug-likeness (QED) is 0.803. The molecule has 3 aromatic rings. The zero-order chi connectivity index (χ0) is 16.4. The highest BCUT2D eigenvalue weighted by Crippen LogP contribution is 2.20. The summed E-state index contributed by atoms with van der Waals surface area (Å²) in [5.74, 6) is -0.130. The molecule has 1 aromatic carbocycles. The Kier molecular flexibility index (Phi) is 3.96. The van der Waals surface area contributed by atoms with Crippen LogP contribution in [-0.2, 0) is 4.74 Å². The standard InChI is InChI=1S/C18H18N4O2/c23-18(21-14-7-10-24-11-8-14)15-12-20-22-16(6-9-19-17(15)22)13-4-2-1-3-5-13/h1-6,9,12,14H,7-8,10-11H2,(H,21,23). The summed E-state index contributed by atoms with van der Waals surface area (Å²) in [5.41, 5.74) is 3.01. The molecule has 1 aliphatic heterocycles. The maximum absolute atomic E-state index is 12.6. The third-order valence-corrected chi connectivity index (χ3v) is 4.27. The zero-order valence-electron chi connectivity index (χ0n) is 13.2. The maximum atomic E-state index is 12.6. The van der Waals surface area contributed by atoms with E-state index in [1.165, 1.54) is 0 Å². The second-order valence-corrected chi connectivity index (χ2v) is 5.85. The van der Waals surface area contributed by atoms with Crippen molar-refractivity contribution in [3.63, 3.8) is 0 Å². The molecule has 122 valence electrons. The molecule has 1 aliphatic rings. The van der Waals surface area contributed by atoms with Crippen LogP contribution in [0.25, 0.3) is 16.9 Å². The fraction of sp³-hybridized carbons (Fsp3) is 0.278. The molecule has 0 saturated carbocycles. The molecule has 1 fully saturated rings. The van der Waals surface area contributed by atoms with Gasteiger partial charge in [-0.15, -0.1) is 0 Å². The minimum Gasteiger partial charge on any atom is -0.381 e. The Balaban J connectivity index is 1.66. The average molecular weight is 322 g/mol. The van der Waals surface area contributed by atoms with Crippen molar-refractivity contribution in [2.45, 2.75) is 18.9 Å². The van der Waals surface area contributed by atoms with Crippen molar-refractivity contribution in [3.05, 3.63) is 54.4 Å². The Morgan fingerprint density at radius 2 is 1.96 bits per heavy atom. The first-order valence-electron chi connectivity index (χ1n) is 8.10. The first-order chi connectivity index (χ1) is 11.8. The smallest absolute Gasteiger partial charge is 0.256 e. The highest BCUT2D eigenvalue weighted by molar-refractivity contribution is 6.00. The van der Waals surface area contributed by atoms with Crippen LogP contribution in [-0.4, -0.2) is 39.8 Å². The Bertz CT molecular complexity index is 854. The summed E-state index contributed by atoms with van der Waals surface area (Å²) in [6.45, 7) is 1.38. The van der Waals surface area contributed by atoms with Gasteiger partial charge in [-0.3, -0.25) is 4.79 Å². The van der Waals surface area contributed by atoms with Crippen molar-refractivity contribution >= 4 is 11.6 Å². The van der Waals surface area contributed by atoms with Crippen molar-refractivity contribution in [3.8, 4) is 11.3 Å². The van der Waals surface area contributed by atoms with Gasteiger partial charge in [0.25, 0.3) is 5.91 Å². The molecule has 24 heavy (non-hydrogen) atoms. The van der Waals surface area contributed by atoms with E-state index in [2.05, 4.69) is 15.4 Å². The normalized spacial score (nSPS) is 15.5. The van der Waals surface area contributed by atoms with Gasteiger partial charge in [-0.05, 0) is 18.9 Å². The van der Waals surface area contributed by atoms with E-state index in [0.29, 0.717) is 24.4 Å². The lowest BCUT2D eigenvalue weighted by atomic mass is 10.1. The number of aromatic nitrogens is 3.